The molecule has 1 rings (SSSR count). The number of nitro groups is 1. The molecule has 0 aliphatic rings. The average molecular weight is 222 g/mol. The van der Waals surface area contributed by atoms with Crippen molar-refractivity contribution in [2.24, 2.45) is 0 Å². The normalized spacial score (nSPS) is 10.6. The van der Waals surface area contributed by atoms with Gasteiger partial charge < -0.3 is 10.5 Å². The van der Waals surface area contributed by atoms with Gasteiger partial charge >= 0.3 is 0 Å². The van der Waals surface area contributed by atoms with E-state index in [-0.39, 0.29) is 0 Å². The zero-order valence-corrected chi connectivity index (χ0v) is 9.05. The second-order valence-electron chi connectivity index (χ2n) is 3.25. The molecular weight excluding hydrogens is 208 g/mol. The summed E-state index contributed by atoms with van der Waals surface area (Å²) in [6.07, 6.45) is 3.17. The zero-order valence-electron chi connectivity index (χ0n) is 9.05. The van der Waals surface area contributed by atoms with Crippen molar-refractivity contribution in [2.75, 3.05) is 12.3 Å². The molecule has 0 saturated carbocycles. The van der Waals surface area contributed by atoms with Gasteiger partial charge in [-0.15, -0.1) is 0 Å². The second-order valence-corrected chi connectivity index (χ2v) is 3.25. The number of anilines is 1. The number of hydrogen-bond donors (Lipinski definition) is 1. The van der Waals surface area contributed by atoms with Gasteiger partial charge in [-0.2, -0.15) is 0 Å². The van der Waals surface area contributed by atoms with Crippen LogP contribution in [-0.4, -0.2) is 11.5 Å². The molecule has 0 aliphatic heterocycles. The van der Waals surface area contributed by atoms with Crippen LogP contribution in [0.2, 0.25) is 0 Å². The quantitative estimate of drug-likeness (QED) is 0.471. The van der Waals surface area contributed by atoms with Crippen LogP contribution in [-0.2, 0) is 0 Å². The van der Waals surface area contributed by atoms with Crippen LogP contribution in [0, 0.1) is 10.1 Å². The third kappa shape index (κ3) is 3.61. The predicted octanol–water partition coefficient (Wildman–Crippen LogP) is 2.31. The summed E-state index contributed by atoms with van der Waals surface area (Å²) in [5, 5.41) is 10.1. The van der Waals surface area contributed by atoms with E-state index in [9.17, 15) is 10.1 Å². The number of ether oxygens (including phenoxy) is 1. The van der Waals surface area contributed by atoms with E-state index in [1.54, 1.807) is 18.2 Å². The molecule has 0 radical (unpaired) electrons. The first kappa shape index (κ1) is 12.0. The Morgan fingerprint density at radius 1 is 1.56 bits per heavy atom. The Bertz CT molecular complexity index is 402. The van der Waals surface area contributed by atoms with E-state index >= 15 is 0 Å². The van der Waals surface area contributed by atoms with Gasteiger partial charge in [0.25, 0.3) is 0 Å². The Balaban J connectivity index is 2.78. The fourth-order valence-corrected chi connectivity index (χ4v) is 1.16. The van der Waals surface area contributed by atoms with Crippen molar-refractivity contribution < 1.29 is 9.66 Å². The number of benzene rings is 1. The molecule has 2 N–H and O–H groups in total. The van der Waals surface area contributed by atoms with E-state index in [0.29, 0.717) is 23.6 Å². The largest absolute Gasteiger partial charge is 0.491 e. The summed E-state index contributed by atoms with van der Waals surface area (Å²) in [5.74, 6) is 0.611. The van der Waals surface area contributed by atoms with Crippen molar-refractivity contribution in [3.05, 3.63) is 40.1 Å². The molecule has 0 atom stereocenters. The molecule has 0 fully saturated rings. The highest BCUT2D eigenvalue weighted by atomic mass is 16.6. The third-order valence-electron chi connectivity index (χ3n) is 1.88. The van der Waals surface area contributed by atoms with Gasteiger partial charge in [-0.25, -0.2) is 0 Å². The van der Waals surface area contributed by atoms with Crippen LogP contribution in [0.1, 0.15) is 18.9 Å². The molecule has 1 aromatic rings. The van der Waals surface area contributed by atoms with Crippen LogP contribution in [0.25, 0.3) is 6.08 Å². The van der Waals surface area contributed by atoms with Crippen molar-refractivity contribution in [1.82, 2.24) is 0 Å². The first-order valence-electron chi connectivity index (χ1n) is 4.97. The Hall–Kier alpha value is -2.04. The van der Waals surface area contributed by atoms with Crippen molar-refractivity contribution in [2.45, 2.75) is 13.3 Å². The van der Waals surface area contributed by atoms with Gasteiger partial charge in [0, 0.05) is 6.08 Å². The standard InChI is InChI=1S/C11H14N2O3/c1-2-7-16-11-4-3-9(8-10(11)12)5-6-13(14)15/h3-6,8H,2,7,12H2,1H3/b6-5-. The minimum absolute atomic E-state index is 0.485. The van der Waals surface area contributed by atoms with E-state index in [2.05, 4.69) is 0 Å². The summed E-state index contributed by atoms with van der Waals surface area (Å²) in [6, 6.07) is 5.08. The Kier molecular flexibility index (Phi) is 4.32. The molecule has 0 aliphatic carbocycles. The van der Waals surface area contributed by atoms with E-state index in [1.807, 2.05) is 6.92 Å². The number of nitrogen functional groups attached to an aromatic ring is 1. The van der Waals surface area contributed by atoms with Crippen LogP contribution in [0.15, 0.2) is 24.4 Å². The van der Waals surface area contributed by atoms with Crippen molar-refractivity contribution >= 4 is 11.8 Å². The molecule has 0 spiro atoms. The first-order chi connectivity index (χ1) is 7.63. The average Bonchev–Trinajstić information content (AvgIpc) is 2.25. The molecule has 0 saturated heterocycles. The molecule has 86 valence electrons. The van der Waals surface area contributed by atoms with Gasteiger partial charge in [0.2, 0.25) is 6.20 Å². The lowest BCUT2D eigenvalue weighted by molar-refractivity contribution is -0.400. The highest BCUT2D eigenvalue weighted by Crippen LogP contribution is 2.23. The van der Waals surface area contributed by atoms with Crippen LogP contribution >= 0.6 is 0 Å². The molecule has 16 heavy (non-hydrogen) atoms. The maximum absolute atomic E-state index is 10.1. The van der Waals surface area contributed by atoms with Crippen LogP contribution in [0.5, 0.6) is 5.75 Å². The van der Waals surface area contributed by atoms with E-state index < -0.39 is 4.92 Å². The lowest BCUT2D eigenvalue weighted by atomic mass is 10.2. The molecule has 0 aromatic heterocycles. The molecule has 1 aromatic carbocycles. The van der Waals surface area contributed by atoms with Crippen molar-refractivity contribution in [1.29, 1.82) is 0 Å². The zero-order chi connectivity index (χ0) is 12.0. The number of nitrogens with two attached hydrogens (primary N) is 1. The van der Waals surface area contributed by atoms with Crippen LogP contribution < -0.4 is 10.5 Å². The van der Waals surface area contributed by atoms with E-state index in [4.69, 9.17) is 10.5 Å². The maximum Gasteiger partial charge on any atom is 0.235 e. The minimum atomic E-state index is -0.516. The Morgan fingerprint density at radius 2 is 2.31 bits per heavy atom. The lowest BCUT2D eigenvalue weighted by Crippen LogP contribution is -1.99. The maximum atomic E-state index is 10.1. The van der Waals surface area contributed by atoms with Crippen LogP contribution in [0.3, 0.4) is 0 Å². The van der Waals surface area contributed by atoms with Gasteiger partial charge in [-0.05, 0) is 24.1 Å². The summed E-state index contributed by atoms with van der Waals surface area (Å²) in [5.41, 5.74) is 6.90. The van der Waals surface area contributed by atoms with Gasteiger partial charge in [-0.3, -0.25) is 10.1 Å². The van der Waals surface area contributed by atoms with Crippen molar-refractivity contribution in [3.63, 3.8) is 0 Å². The summed E-state index contributed by atoms with van der Waals surface area (Å²) in [6.45, 7) is 2.61. The van der Waals surface area contributed by atoms with Gasteiger partial charge in [0.15, 0.2) is 0 Å². The van der Waals surface area contributed by atoms with E-state index in [1.165, 1.54) is 6.08 Å². The van der Waals surface area contributed by atoms with Gasteiger partial charge in [0.1, 0.15) is 5.75 Å². The number of hydrogen-bond acceptors (Lipinski definition) is 4. The smallest absolute Gasteiger partial charge is 0.235 e. The second kappa shape index (κ2) is 5.75. The number of rotatable bonds is 5. The van der Waals surface area contributed by atoms with Gasteiger partial charge in [-0.1, -0.05) is 13.0 Å². The summed E-state index contributed by atoms with van der Waals surface area (Å²) in [7, 11) is 0. The first-order valence-corrected chi connectivity index (χ1v) is 4.97. The molecule has 5 nitrogen and oxygen atoms in total. The molecule has 0 heterocycles. The lowest BCUT2D eigenvalue weighted by Gasteiger charge is -2.07. The molecule has 0 bridgehead atoms. The summed E-state index contributed by atoms with van der Waals surface area (Å²) in [4.78, 5) is 9.61. The fraction of sp³-hybridized carbons (Fsp3) is 0.273. The SMILES string of the molecule is CCCOc1ccc(/C=C\[N+](=O)[O-])cc1N. The monoisotopic (exact) mass is 222 g/mol. The number of nitrogens with zero attached hydrogens (tertiary/aromatic N) is 1. The highest BCUT2D eigenvalue weighted by molar-refractivity contribution is 5.61. The minimum Gasteiger partial charge on any atom is -0.491 e. The topological polar surface area (TPSA) is 78.4 Å². The molecular formula is C11H14N2O3. The van der Waals surface area contributed by atoms with Gasteiger partial charge in [0.05, 0.1) is 17.2 Å². The van der Waals surface area contributed by atoms with Crippen LogP contribution in [0.4, 0.5) is 5.69 Å². The fourth-order valence-electron chi connectivity index (χ4n) is 1.16. The molecule has 5 heteroatoms. The highest BCUT2D eigenvalue weighted by Gasteiger charge is 2.00. The molecule has 0 amide bonds. The molecule has 0 unspecified atom stereocenters. The van der Waals surface area contributed by atoms with E-state index in [0.717, 1.165) is 12.6 Å². The Morgan fingerprint density at radius 3 is 2.88 bits per heavy atom. The summed E-state index contributed by atoms with van der Waals surface area (Å²) < 4.78 is 5.38. The predicted molar refractivity (Wildman–Crippen MR) is 62.7 cm³/mol. The summed E-state index contributed by atoms with van der Waals surface area (Å²) >= 11 is 0. The third-order valence-corrected chi connectivity index (χ3v) is 1.88. The Labute approximate surface area is 93.7 Å². The van der Waals surface area contributed by atoms with Crippen molar-refractivity contribution in [3.8, 4) is 5.75 Å².